The van der Waals surface area contributed by atoms with Gasteiger partial charge in [-0.2, -0.15) is 0 Å². The highest BCUT2D eigenvalue weighted by atomic mass is 32.2. The number of rotatable bonds is 8. The van der Waals surface area contributed by atoms with Crippen LogP contribution in [0.1, 0.15) is 72.8 Å². The van der Waals surface area contributed by atoms with Crippen molar-refractivity contribution in [2.75, 3.05) is 25.0 Å². The molecule has 1 aromatic carbocycles. The zero-order valence-corrected chi connectivity index (χ0v) is 20.6. The molecule has 8 nitrogen and oxygen atoms in total. The molecule has 2 aromatic rings. The molecule has 2 heterocycles. The van der Waals surface area contributed by atoms with Crippen LogP contribution in [0.4, 0.5) is 5.69 Å². The van der Waals surface area contributed by atoms with Crippen LogP contribution >= 0.6 is 0 Å². The van der Waals surface area contributed by atoms with Crippen molar-refractivity contribution in [1.29, 1.82) is 0 Å². The molecule has 0 atom stereocenters. The van der Waals surface area contributed by atoms with Crippen molar-refractivity contribution in [3.05, 3.63) is 46.8 Å². The summed E-state index contributed by atoms with van der Waals surface area (Å²) in [5.41, 5.74) is 2.98. The molecule has 9 heteroatoms. The first kappa shape index (κ1) is 25.0. The Morgan fingerprint density at radius 3 is 2.27 bits per heavy atom. The second kappa shape index (κ2) is 10.5. The molecule has 0 radical (unpaired) electrons. The maximum atomic E-state index is 13.1. The van der Waals surface area contributed by atoms with Crippen LogP contribution < -0.4 is 10.0 Å². The molecule has 33 heavy (non-hydrogen) atoms. The van der Waals surface area contributed by atoms with Gasteiger partial charge in [0.05, 0.1) is 5.56 Å². The molecule has 1 saturated heterocycles. The van der Waals surface area contributed by atoms with Gasteiger partial charge >= 0.3 is 0 Å². The summed E-state index contributed by atoms with van der Waals surface area (Å²) in [6.07, 6.45) is 2.89. The van der Waals surface area contributed by atoms with Crippen molar-refractivity contribution < 1.29 is 18.0 Å². The van der Waals surface area contributed by atoms with Crippen LogP contribution in [0.2, 0.25) is 0 Å². The molecule has 1 aromatic heterocycles. The number of hydrogen-bond acceptors (Lipinski definition) is 4. The van der Waals surface area contributed by atoms with Gasteiger partial charge in [0.2, 0.25) is 15.9 Å². The third-order valence-electron chi connectivity index (χ3n) is 5.95. The summed E-state index contributed by atoms with van der Waals surface area (Å²) in [5.74, 6) is -0.155. The van der Waals surface area contributed by atoms with Crippen molar-refractivity contribution in [2.45, 2.75) is 64.2 Å². The molecule has 3 rings (SSSR count). The van der Waals surface area contributed by atoms with Gasteiger partial charge in [0.15, 0.2) is 0 Å². The molecule has 0 saturated carbocycles. The van der Waals surface area contributed by atoms with Crippen molar-refractivity contribution in [3.63, 3.8) is 0 Å². The van der Waals surface area contributed by atoms with Gasteiger partial charge in [0, 0.05) is 43.1 Å². The Morgan fingerprint density at radius 2 is 1.67 bits per heavy atom. The maximum Gasteiger partial charge on any atom is 0.257 e. The third kappa shape index (κ3) is 6.03. The number of sulfonamides is 1. The SMILES string of the molecule is Cc1[nH]c(C)c(S(=O)(=O)NCCC(=O)Nc2ccc(C(C)C)cc2)c1C(=O)N1CCCCC1. The summed E-state index contributed by atoms with van der Waals surface area (Å²) in [6.45, 7) is 8.74. The first-order valence-electron chi connectivity index (χ1n) is 11.5. The van der Waals surface area contributed by atoms with Gasteiger partial charge in [-0.15, -0.1) is 0 Å². The van der Waals surface area contributed by atoms with E-state index in [1.54, 1.807) is 18.7 Å². The lowest BCUT2D eigenvalue weighted by Crippen LogP contribution is -2.37. The molecule has 0 unspecified atom stereocenters. The highest BCUT2D eigenvalue weighted by Crippen LogP contribution is 2.26. The summed E-state index contributed by atoms with van der Waals surface area (Å²) < 4.78 is 28.7. The Labute approximate surface area is 196 Å². The molecule has 0 bridgehead atoms. The van der Waals surface area contributed by atoms with E-state index in [1.165, 1.54) is 5.56 Å². The zero-order chi connectivity index (χ0) is 24.2. The number of benzene rings is 1. The lowest BCUT2D eigenvalue weighted by molar-refractivity contribution is -0.116. The highest BCUT2D eigenvalue weighted by molar-refractivity contribution is 7.89. The van der Waals surface area contributed by atoms with E-state index < -0.39 is 10.0 Å². The summed E-state index contributed by atoms with van der Waals surface area (Å²) in [4.78, 5) is 30.1. The predicted octanol–water partition coefficient (Wildman–Crippen LogP) is 3.69. The van der Waals surface area contributed by atoms with Crippen molar-refractivity contribution >= 4 is 27.5 Å². The van der Waals surface area contributed by atoms with E-state index in [0.717, 1.165) is 19.3 Å². The van der Waals surface area contributed by atoms with Crippen molar-refractivity contribution in [1.82, 2.24) is 14.6 Å². The van der Waals surface area contributed by atoms with Gasteiger partial charge in [-0.25, -0.2) is 13.1 Å². The van der Waals surface area contributed by atoms with E-state index in [9.17, 15) is 18.0 Å². The van der Waals surface area contributed by atoms with Crippen LogP contribution in [-0.4, -0.2) is 49.8 Å². The largest absolute Gasteiger partial charge is 0.361 e. The van der Waals surface area contributed by atoms with Gasteiger partial charge < -0.3 is 15.2 Å². The fraction of sp³-hybridized carbons (Fsp3) is 0.500. The molecule has 1 fully saturated rings. The topological polar surface area (TPSA) is 111 Å². The molecule has 0 spiro atoms. The average Bonchev–Trinajstić information content (AvgIpc) is 3.08. The highest BCUT2D eigenvalue weighted by Gasteiger charge is 2.31. The first-order valence-corrected chi connectivity index (χ1v) is 13.0. The number of H-pyrrole nitrogens is 1. The maximum absolute atomic E-state index is 13.1. The molecule has 2 amide bonds. The van der Waals surface area contributed by atoms with Gasteiger partial charge in [-0.1, -0.05) is 26.0 Å². The van der Waals surface area contributed by atoms with E-state index >= 15 is 0 Å². The summed E-state index contributed by atoms with van der Waals surface area (Å²) in [6, 6.07) is 7.59. The lowest BCUT2D eigenvalue weighted by atomic mass is 10.0. The molecule has 1 aliphatic rings. The number of carbonyl (C=O) groups is 2. The molecule has 180 valence electrons. The zero-order valence-electron chi connectivity index (χ0n) is 19.8. The van der Waals surface area contributed by atoms with Gasteiger partial charge in [0.25, 0.3) is 5.91 Å². The Hall–Kier alpha value is -2.65. The lowest BCUT2D eigenvalue weighted by Gasteiger charge is -2.27. The molecular formula is C24H34N4O4S. The first-order chi connectivity index (χ1) is 15.6. The Morgan fingerprint density at radius 1 is 1.03 bits per heavy atom. The minimum Gasteiger partial charge on any atom is -0.361 e. The van der Waals surface area contributed by atoms with E-state index in [2.05, 4.69) is 28.9 Å². The van der Waals surface area contributed by atoms with Crippen LogP contribution in [0.15, 0.2) is 29.2 Å². The fourth-order valence-electron chi connectivity index (χ4n) is 4.15. The minimum absolute atomic E-state index is 0.0248. The van der Waals surface area contributed by atoms with Crippen LogP contribution in [0, 0.1) is 13.8 Å². The number of amides is 2. The molecule has 0 aliphatic carbocycles. The number of hydrogen-bond donors (Lipinski definition) is 3. The normalized spacial score (nSPS) is 14.5. The van der Waals surface area contributed by atoms with Gasteiger partial charge in [-0.05, 0) is 56.7 Å². The second-order valence-corrected chi connectivity index (χ2v) is 10.6. The van der Waals surface area contributed by atoms with Crippen LogP contribution in [0.25, 0.3) is 0 Å². The number of aryl methyl sites for hydroxylation is 2. The number of likely N-dealkylation sites (tertiary alicyclic amines) is 1. The average molecular weight is 475 g/mol. The van der Waals surface area contributed by atoms with E-state index in [1.807, 2.05) is 24.3 Å². The number of carbonyl (C=O) groups excluding carboxylic acids is 2. The minimum atomic E-state index is -3.98. The number of nitrogens with one attached hydrogen (secondary N) is 3. The number of aromatic amines is 1. The second-order valence-electron chi connectivity index (χ2n) is 8.90. The van der Waals surface area contributed by atoms with Gasteiger partial charge in [-0.3, -0.25) is 9.59 Å². The van der Waals surface area contributed by atoms with E-state index in [-0.39, 0.29) is 35.2 Å². The summed E-state index contributed by atoms with van der Waals surface area (Å²) in [5, 5.41) is 2.78. The smallest absolute Gasteiger partial charge is 0.257 e. The number of nitrogens with zero attached hydrogens (tertiary/aromatic N) is 1. The Bertz CT molecular complexity index is 1100. The third-order valence-corrected chi connectivity index (χ3v) is 7.58. The number of aromatic nitrogens is 1. The molecular weight excluding hydrogens is 440 g/mol. The monoisotopic (exact) mass is 474 g/mol. The summed E-state index contributed by atoms with van der Waals surface area (Å²) in [7, 11) is -3.98. The van der Waals surface area contributed by atoms with Crippen molar-refractivity contribution in [3.8, 4) is 0 Å². The Kier molecular flexibility index (Phi) is 7.97. The number of anilines is 1. The fourth-order valence-corrected chi connectivity index (χ4v) is 5.63. The standard InChI is InChI=1S/C24H34N4O4S/c1-16(2)19-8-10-20(11-9-19)27-21(29)12-13-25-33(31,32)23-18(4)26-17(3)22(23)24(30)28-14-6-5-7-15-28/h8-11,16,25-26H,5-7,12-15H2,1-4H3,(H,27,29). The molecule has 3 N–H and O–H groups in total. The van der Waals surface area contributed by atoms with Crippen LogP contribution in [-0.2, 0) is 14.8 Å². The van der Waals surface area contributed by atoms with Crippen molar-refractivity contribution in [2.24, 2.45) is 0 Å². The predicted molar refractivity (Wildman–Crippen MR) is 129 cm³/mol. The van der Waals surface area contributed by atoms with Gasteiger partial charge in [0.1, 0.15) is 4.90 Å². The number of piperidine rings is 1. The molecule has 1 aliphatic heterocycles. The summed E-state index contributed by atoms with van der Waals surface area (Å²) >= 11 is 0. The van der Waals surface area contributed by atoms with E-state index in [4.69, 9.17) is 0 Å². The van der Waals surface area contributed by atoms with Crippen LogP contribution in [0.3, 0.4) is 0 Å². The Balaban J connectivity index is 1.64. The quantitative estimate of drug-likeness (QED) is 0.542. The van der Waals surface area contributed by atoms with E-state index in [0.29, 0.717) is 36.1 Å². The van der Waals surface area contributed by atoms with Crippen LogP contribution in [0.5, 0.6) is 0 Å².